The van der Waals surface area contributed by atoms with Gasteiger partial charge >= 0.3 is 5.97 Å². The number of nitrogens with zero attached hydrogens (tertiary/aromatic N) is 4. The fourth-order valence-electron chi connectivity index (χ4n) is 7.38. The molecule has 3 fully saturated rings. The van der Waals surface area contributed by atoms with Gasteiger partial charge in [-0.1, -0.05) is 43.0 Å². The summed E-state index contributed by atoms with van der Waals surface area (Å²) in [7, 11) is 0. The highest BCUT2D eigenvalue weighted by Gasteiger charge is 2.44. The van der Waals surface area contributed by atoms with E-state index in [2.05, 4.69) is 20.3 Å². The first-order chi connectivity index (χ1) is 19.4. The maximum Gasteiger partial charge on any atom is 0.302 e. The van der Waals surface area contributed by atoms with Crippen molar-refractivity contribution in [1.29, 1.82) is 0 Å². The summed E-state index contributed by atoms with van der Waals surface area (Å²) in [5, 5.41) is 8.87. The molecule has 1 amide bonds. The number of nitrogens with one attached hydrogen (secondary N) is 1. The molecule has 2 aromatic rings. The minimum absolute atomic E-state index is 0.0130. The van der Waals surface area contributed by atoms with E-state index in [9.17, 15) is 9.59 Å². The van der Waals surface area contributed by atoms with Crippen molar-refractivity contribution in [2.45, 2.75) is 109 Å². The first kappa shape index (κ1) is 29.1. The molecule has 1 atom stereocenters. The van der Waals surface area contributed by atoms with Crippen LogP contribution in [-0.4, -0.2) is 62.8 Å². The van der Waals surface area contributed by atoms with Crippen molar-refractivity contribution in [2.75, 3.05) is 13.1 Å². The number of carbonyl (C=O) groups excluding carboxylic acids is 2. The van der Waals surface area contributed by atoms with E-state index in [4.69, 9.17) is 16.3 Å². The summed E-state index contributed by atoms with van der Waals surface area (Å²) in [6.07, 6.45) is 16.0. The molecule has 0 unspecified atom stereocenters. The van der Waals surface area contributed by atoms with E-state index < -0.39 is 0 Å². The second kappa shape index (κ2) is 13.5. The Hall–Kier alpha value is -2.45. The Balaban J connectivity index is 1.26. The smallest absolute Gasteiger partial charge is 0.302 e. The van der Waals surface area contributed by atoms with Gasteiger partial charge in [-0.05, 0) is 86.8 Å². The Morgan fingerprint density at radius 2 is 1.75 bits per heavy atom. The molecule has 3 aliphatic rings. The summed E-state index contributed by atoms with van der Waals surface area (Å²) in [5.41, 5.74) is 1.27. The van der Waals surface area contributed by atoms with Crippen molar-refractivity contribution >= 4 is 23.5 Å². The van der Waals surface area contributed by atoms with Crippen molar-refractivity contribution in [1.82, 2.24) is 25.0 Å². The first-order valence-electron chi connectivity index (χ1n) is 15.2. The van der Waals surface area contributed by atoms with E-state index in [0.717, 1.165) is 63.7 Å². The fraction of sp³-hybridized carbons (Fsp3) is 0.677. The number of aromatic nitrogens is 3. The van der Waals surface area contributed by atoms with Gasteiger partial charge in [-0.3, -0.25) is 14.3 Å². The predicted octanol–water partition coefficient (Wildman–Crippen LogP) is 5.20. The molecule has 1 N–H and O–H groups in total. The number of rotatable bonds is 9. The Labute approximate surface area is 243 Å². The molecule has 40 heavy (non-hydrogen) atoms. The van der Waals surface area contributed by atoms with Crippen LogP contribution in [0.2, 0.25) is 5.02 Å². The minimum Gasteiger partial charge on any atom is -0.463 e. The molecule has 1 aliphatic heterocycles. The molecule has 1 saturated heterocycles. The number of likely N-dealkylation sites (tertiary alicyclic amines) is 1. The van der Waals surface area contributed by atoms with Crippen LogP contribution in [0.4, 0.5) is 0 Å². The zero-order valence-corrected chi connectivity index (χ0v) is 24.5. The number of esters is 1. The number of piperidine rings is 1. The molecule has 9 heteroatoms. The summed E-state index contributed by atoms with van der Waals surface area (Å²) >= 11 is 6.14. The number of amides is 1. The van der Waals surface area contributed by atoms with Crippen LogP contribution in [0.1, 0.15) is 83.1 Å². The van der Waals surface area contributed by atoms with Gasteiger partial charge in [-0.2, -0.15) is 5.10 Å². The fourth-order valence-corrected chi connectivity index (χ4v) is 7.51. The van der Waals surface area contributed by atoms with Crippen LogP contribution in [0.3, 0.4) is 0 Å². The van der Waals surface area contributed by atoms with Crippen LogP contribution < -0.4 is 5.32 Å². The molecular weight excluding hydrogens is 526 g/mol. The van der Waals surface area contributed by atoms with Crippen molar-refractivity contribution in [3.8, 4) is 0 Å². The van der Waals surface area contributed by atoms with Gasteiger partial charge in [0.25, 0.3) is 0 Å². The molecule has 0 radical (unpaired) electrons. The number of benzene rings is 1. The Kier molecular flexibility index (Phi) is 9.79. The normalized spacial score (nSPS) is 24.4. The van der Waals surface area contributed by atoms with E-state index in [1.165, 1.54) is 39.0 Å². The van der Waals surface area contributed by atoms with E-state index in [1.54, 1.807) is 6.33 Å². The van der Waals surface area contributed by atoms with Gasteiger partial charge in [0.1, 0.15) is 18.8 Å². The highest BCUT2D eigenvalue weighted by atomic mass is 35.5. The van der Waals surface area contributed by atoms with Gasteiger partial charge in [-0.25, -0.2) is 4.98 Å². The number of hydrogen-bond donors (Lipinski definition) is 1. The molecule has 1 aromatic heterocycles. The second-order valence-corrected chi connectivity index (χ2v) is 12.7. The summed E-state index contributed by atoms with van der Waals surface area (Å²) in [4.78, 5) is 31.8. The third kappa shape index (κ3) is 7.43. The number of carbonyl (C=O) groups is 2. The monoisotopic (exact) mass is 569 g/mol. The molecule has 2 saturated carbocycles. The molecule has 8 nitrogen and oxygen atoms in total. The number of halogens is 1. The maximum absolute atomic E-state index is 14.1. The third-order valence-electron chi connectivity index (χ3n) is 9.58. The van der Waals surface area contributed by atoms with Crippen LogP contribution in [-0.2, 0) is 27.3 Å². The van der Waals surface area contributed by atoms with Gasteiger partial charge in [0.15, 0.2) is 0 Å². The van der Waals surface area contributed by atoms with Crippen LogP contribution in [0.15, 0.2) is 36.9 Å². The largest absolute Gasteiger partial charge is 0.463 e. The lowest BCUT2D eigenvalue weighted by Crippen LogP contribution is -2.55. The summed E-state index contributed by atoms with van der Waals surface area (Å²) in [6.45, 7) is 3.92. The molecule has 218 valence electrons. The maximum atomic E-state index is 14.1. The van der Waals surface area contributed by atoms with Crippen LogP contribution in [0, 0.1) is 11.3 Å². The molecule has 1 aromatic carbocycles. The average molecular weight is 570 g/mol. The van der Waals surface area contributed by atoms with Gasteiger partial charge in [0, 0.05) is 37.6 Å². The predicted molar refractivity (Wildman–Crippen MR) is 155 cm³/mol. The topological polar surface area (TPSA) is 89.4 Å². The minimum atomic E-state index is -0.297. The van der Waals surface area contributed by atoms with Crippen LogP contribution in [0.25, 0.3) is 0 Å². The van der Waals surface area contributed by atoms with E-state index in [-0.39, 0.29) is 35.5 Å². The summed E-state index contributed by atoms with van der Waals surface area (Å²) in [6, 6.07) is 7.76. The molecular formula is C31H44ClN5O3. The van der Waals surface area contributed by atoms with Gasteiger partial charge in [-0.15, -0.1) is 0 Å². The molecule has 5 rings (SSSR count). The Bertz CT molecular complexity index is 1090. The number of hydrogen-bond acceptors (Lipinski definition) is 6. The van der Waals surface area contributed by atoms with E-state index in [0.29, 0.717) is 17.4 Å². The van der Waals surface area contributed by atoms with Crippen LogP contribution in [0.5, 0.6) is 0 Å². The zero-order valence-electron chi connectivity index (χ0n) is 23.8. The van der Waals surface area contributed by atoms with Gasteiger partial charge in [0.05, 0.1) is 6.04 Å². The van der Waals surface area contributed by atoms with Crippen molar-refractivity contribution < 1.29 is 14.3 Å². The van der Waals surface area contributed by atoms with Gasteiger partial charge in [0.2, 0.25) is 5.91 Å². The molecule has 0 spiro atoms. The number of ether oxygens (including phenoxy) is 1. The quantitative estimate of drug-likeness (QED) is 0.418. The molecule has 2 aliphatic carbocycles. The zero-order chi connectivity index (χ0) is 28.0. The Morgan fingerprint density at radius 1 is 1.05 bits per heavy atom. The standard InChI is InChI=1S/C31H44ClN5O3/c1-23(38)40-28-13-11-27(12-14-28)35-29(19-24-7-9-26(32)10-8-24)30(39)36-17-15-31(16-18-36,20-37-22-33-21-34-37)25-5-3-2-4-6-25/h7-10,21-22,25,27-29,35H,2-6,11-20H2,1H3/t27?,28?,29-/m1/s1. The second-order valence-electron chi connectivity index (χ2n) is 12.2. The Morgan fingerprint density at radius 3 is 2.38 bits per heavy atom. The van der Waals surface area contributed by atoms with E-state index in [1.807, 2.05) is 35.3 Å². The van der Waals surface area contributed by atoms with Crippen LogP contribution >= 0.6 is 11.6 Å². The lowest BCUT2D eigenvalue weighted by Gasteiger charge is -2.48. The highest BCUT2D eigenvalue weighted by molar-refractivity contribution is 6.30. The summed E-state index contributed by atoms with van der Waals surface area (Å²) < 4.78 is 7.44. The van der Waals surface area contributed by atoms with E-state index >= 15 is 0 Å². The average Bonchev–Trinajstić information content (AvgIpc) is 3.48. The van der Waals surface area contributed by atoms with Crippen molar-refractivity contribution in [3.63, 3.8) is 0 Å². The lowest BCUT2D eigenvalue weighted by atomic mass is 9.63. The van der Waals surface area contributed by atoms with Gasteiger partial charge < -0.3 is 15.0 Å². The molecule has 0 bridgehead atoms. The lowest BCUT2D eigenvalue weighted by molar-refractivity contribution is -0.147. The SMILES string of the molecule is CC(=O)OC1CCC(N[C@H](Cc2ccc(Cl)cc2)C(=O)N2CCC(Cn3cncn3)(C3CCCCC3)CC2)CC1. The highest BCUT2D eigenvalue weighted by Crippen LogP contribution is 2.47. The molecule has 2 heterocycles. The summed E-state index contributed by atoms with van der Waals surface area (Å²) in [5.74, 6) is 0.651. The third-order valence-corrected chi connectivity index (χ3v) is 9.83. The van der Waals surface area contributed by atoms with Crippen molar-refractivity contribution in [3.05, 3.63) is 47.5 Å². The first-order valence-corrected chi connectivity index (χ1v) is 15.6. The van der Waals surface area contributed by atoms with Crippen molar-refractivity contribution in [2.24, 2.45) is 11.3 Å².